The van der Waals surface area contributed by atoms with E-state index in [-0.39, 0.29) is 125 Å². The van der Waals surface area contributed by atoms with E-state index < -0.39 is 0 Å². The molecule has 104 heavy (non-hydrogen) atoms. The molecule has 0 atom stereocenters. The fourth-order valence-electron chi connectivity index (χ4n) is 13.4. The Hall–Kier alpha value is -3.28. The Morgan fingerprint density at radius 2 is 0.635 bits per heavy atom. The van der Waals surface area contributed by atoms with Gasteiger partial charge in [0.2, 0.25) is 0 Å². The van der Waals surface area contributed by atoms with Crippen LogP contribution in [0.4, 0.5) is 39.8 Å². The van der Waals surface area contributed by atoms with Gasteiger partial charge in [-0.3, -0.25) is 0 Å². The molecule has 5 saturated heterocycles. The fraction of sp³-hybridized carbons (Fsp3) is 0.365. The van der Waals surface area contributed by atoms with Crippen LogP contribution in [0, 0.1) is 77.5 Å². The molecule has 15 nitrogen and oxygen atoms in total. The zero-order chi connectivity index (χ0) is 72.4. The second kappa shape index (κ2) is 42.8. The van der Waals surface area contributed by atoms with Crippen molar-refractivity contribution >= 4 is 110 Å². The average Bonchev–Trinajstić information content (AvgIpc) is 0.784. The summed E-state index contributed by atoms with van der Waals surface area (Å²) >= 11 is 0. The predicted molar refractivity (Wildman–Crippen MR) is 438 cm³/mol. The number of hydrogen-bond acceptors (Lipinski definition) is 15. The Bertz CT molecular complexity index is 3490. The number of para-hydroxylation sites is 5. The van der Waals surface area contributed by atoms with Gasteiger partial charge >= 0.3 is 6.98 Å². The summed E-state index contributed by atoms with van der Waals surface area (Å²) in [6.45, 7) is 54.5. The first-order valence-electron chi connectivity index (χ1n) is 35.4. The molecule has 7 aromatic rings. The first-order valence-corrected chi connectivity index (χ1v) is 35.4. The van der Waals surface area contributed by atoms with Crippen molar-refractivity contribution in [2.45, 2.75) is 135 Å². The third-order valence-corrected chi connectivity index (χ3v) is 20.8. The summed E-state index contributed by atoms with van der Waals surface area (Å²) in [6, 6.07) is 72.9. The van der Waals surface area contributed by atoms with Crippen LogP contribution in [0.5, 0.6) is 0 Å². The number of aryl methyl sites for hydroxylation is 2. The van der Waals surface area contributed by atoms with Gasteiger partial charge in [0.25, 0.3) is 62.8 Å². The van der Waals surface area contributed by atoms with Crippen molar-refractivity contribution in [1.29, 1.82) is 0 Å². The molecular formula is C74H107B10Ir5N15-10. The van der Waals surface area contributed by atoms with Crippen LogP contribution in [0.15, 0.2) is 164 Å². The molecule has 5 fully saturated rings. The third kappa shape index (κ3) is 23.6. The molecule has 5 radical (unpaired) electrons. The molecule has 7 aromatic carbocycles. The predicted octanol–water partition coefficient (Wildman–Crippen LogP) is 13.8. The van der Waals surface area contributed by atoms with E-state index in [9.17, 15) is 0 Å². The topological polar surface area (TPSA) is 48.6 Å². The largest absolute Gasteiger partial charge is 0.562 e. The van der Waals surface area contributed by atoms with Crippen LogP contribution < -0.4 is 33.7 Å². The quantitative estimate of drug-likeness (QED) is 0.112. The molecule has 5 aliphatic heterocycles. The SMILES string of the molecule is CB1N(C)B(C)N(c2ccccc2)[CH-]N1c1[c-]cccc1.CB1N(C)[CH-]N(c2[c-]cc(C)cc2C)B(C)N1C.CB1N(C)[CH-]N(c2[c-]ccc(C(C)(C)C)c2)B(C)N1C.CB1N(C)[CH-]N(c2[c-]cccc2)B(C)N1C.CB1N(c2[c-]cccc2)[CH-]N(c2ccccc2)B(C)N1C(C)(C)C.[Ir].[Ir].[Ir].[Ir].[Ir]. The van der Waals surface area contributed by atoms with E-state index in [0.717, 1.165) is 22.7 Å². The van der Waals surface area contributed by atoms with E-state index in [1.165, 1.54) is 33.8 Å². The molecule has 0 amide bonds. The van der Waals surface area contributed by atoms with E-state index in [4.69, 9.17) is 0 Å². The van der Waals surface area contributed by atoms with Crippen LogP contribution in [0.1, 0.15) is 58.2 Å². The summed E-state index contributed by atoms with van der Waals surface area (Å²) < 4.78 is 11.9. The number of nitrogens with zero attached hydrogens (tertiary/aromatic N) is 15. The minimum Gasteiger partial charge on any atom is -0.562 e. The van der Waals surface area contributed by atoms with Gasteiger partial charge in [0.1, 0.15) is 0 Å². The van der Waals surface area contributed by atoms with Crippen molar-refractivity contribution in [1.82, 2.24) is 38.0 Å². The molecule has 5 heterocycles. The number of rotatable bonds is 7. The maximum absolute atomic E-state index is 3.40. The first-order chi connectivity index (χ1) is 46.8. The van der Waals surface area contributed by atoms with Crippen molar-refractivity contribution in [2.24, 2.45) is 0 Å². The van der Waals surface area contributed by atoms with E-state index in [1.807, 2.05) is 54.6 Å². The zero-order valence-electron chi connectivity index (χ0n) is 66.1. The van der Waals surface area contributed by atoms with Gasteiger partial charge in [0, 0.05) is 101 Å². The number of anilines is 7. The molecule has 0 bridgehead atoms. The standard InChI is InChI=1S/C19H25B2N3.C16H19B2N3.C15H25B2N3.C13H21B2N3.C11H17B2N3.5Ir/c1-19(2,3)24-20(4)22(17-12-8-6-9-13-17)16-23(21(24)5)18-14-10-7-11-15-18;1-17-19(3)18(2)21(16-12-8-5-9-13-16)14-20(17)15-10-6-4-7-11-15;1-15(2,3)13-9-8-10-14(11-13)20-12-18(6)16(4)19(7)17(20)5;1-11-7-8-13(12(2)9-11)18-10-16(5)14(3)17(6)15(18)4;1-12-14(3)10-16(13(2)15(12)4)11-8-6-5-7-9-11;;;;;/h6-14,16H,1-5H3;4-12,14H,1-3H3;8-9,11-12H,1-7H3;7,9-10H,1-6H3;5-8,10H,1-4H3;;;;;/q5*-2;;;;;. The monoisotopic (exact) mass is 2280 g/mol. The second-order valence-corrected chi connectivity index (χ2v) is 29.3. The fourth-order valence-corrected chi connectivity index (χ4v) is 13.4. The molecule has 0 saturated carbocycles. The molecule has 0 spiro atoms. The van der Waals surface area contributed by atoms with Crippen molar-refractivity contribution in [2.75, 3.05) is 83.0 Å². The molecular weight excluding hydrogens is 2170 g/mol. The molecule has 0 unspecified atom stereocenters. The third-order valence-electron chi connectivity index (χ3n) is 20.8. The first kappa shape index (κ1) is 94.9. The Morgan fingerprint density at radius 3 is 1.01 bits per heavy atom. The van der Waals surface area contributed by atoms with Gasteiger partial charge < -0.3 is 71.7 Å². The molecule has 0 aromatic heterocycles. The minimum atomic E-state index is 0. The summed E-state index contributed by atoms with van der Waals surface area (Å²) in [5.41, 5.74) is 12.1. The van der Waals surface area contributed by atoms with Crippen molar-refractivity contribution in [3.05, 3.63) is 244 Å². The van der Waals surface area contributed by atoms with Crippen LogP contribution in [0.2, 0.25) is 68.2 Å². The van der Waals surface area contributed by atoms with E-state index in [1.54, 1.807) is 0 Å². The van der Waals surface area contributed by atoms with E-state index >= 15 is 0 Å². The normalized spacial score (nSPS) is 17.0. The summed E-state index contributed by atoms with van der Waals surface area (Å²) in [7, 11) is 15.0. The Morgan fingerprint density at radius 1 is 0.317 bits per heavy atom. The van der Waals surface area contributed by atoms with Gasteiger partial charge in [0.05, 0.1) is 0 Å². The van der Waals surface area contributed by atoms with Gasteiger partial charge in [-0.1, -0.05) is 139 Å². The average molecular weight is 2280 g/mol. The maximum Gasteiger partial charge on any atom is 0.300 e. The Labute approximate surface area is 703 Å². The van der Waals surface area contributed by atoms with Crippen molar-refractivity contribution < 1.29 is 101 Å². The minimum absolute atomic E-state index is 0. The van der Waals surface area contributed by atoms with Gasteiger partial charge in [0.15, 0.2) is 0 Å². The second-order valence-electron chi connectivity index (χ2n) is 29.3. The van der Waals surface area contributed by atoms with Gasteiger partial charge in [-0.25, -0.2) is 20.0 Å². The Kier molecular flexibility index (Phi) is 39.0. The molecule has 30 heteroatoms. The van der Waals surface area contributed by atoms with Crippen LogP contribution in [-0.2, 0) is 106 Å². The molecule has 5 aliphatic rings. The molecule has 563 valence electrons. The molecule has 12 rings (SSSR count). The van der Waals surface area contributed by atoms with Crippen LogP contribution in [0.25, 0.3) is 0 Å². The van der Waals surface area contributed by atoms with Crippen LogP contribution >= 0.6 is 0 Å². The van der Waals surface area contributed by atoms with Gasteiger partial charge in [-0.15, -0.1) is 40.1 Å². The summed E-state index contributed by atoms with van der Waals surface area (Å²) in [4.78, 5) is 22.7. The summed E-state index contributed by atoms with van der Waals surface area (Å²) in [5.74, 6) is 0. The van der Waals surface area contributed by atoms with E-state index in [0.29, 0.717) is 55.9 Å². The van der Waals surface area contributed by atoms with Crippen molar-refractivity contribution in [3.63, 3.8) is 0 Å². The maximum atomic E-state index is 3.40. The van der Waals surface area contributed by atoms with Crippen LogP contribution in [-0.4, -0.2) is 163 Å². The number of benzene rings is 7. The number of hydrogen-bond donors (Lipinski definition) is 0. The van der Waals surface area contributed by atoms with Crippen LogP contribution in [0.3, 0.4) is 0 Å². The smallest absolute Gasteiger partial charge is 0.300 e. The van der Waals surface area contributed by atoms with E-state index in [2.05, 4.69) is 418 Å². The Balaban J connectivity index is 0.000000336. The van der Waals surface area contributed by atoms with Crippen molar-refractivity contribution in [3.8, 4) is 0 Å². The molecule has 0 N–H and O–H groups in total. The summed E-state index contributed by atoms with van der Waals surface area (Å²) in [6.07, 6.45) is 0. The zero-order valence-corrected chi connectivity index (χ0v) is 78.1. The van der Waals surface area contributed by atoms with Gasteiger partial charge in [-0.2, -0.15) is 152 Å². The molecule has 0 aliphatic carbocycles. The summed E-state index contributed by atoms with van der Waals surface area (Å²) in [5, 5.41) is 0. The van der Waals surface area contributed by atoms with Gasteiger partial charge in [-0.05, 0) is 117 Å².